The molecule has 158 valence electrons. The Bertz CT molecular complexity index is 794. The molecule has 1 N–H and O–H groups in total. The van der Waals surface area contributed by atoms with Crippen molar-refractivity contribution in [3.63, 3.8) is 0 Å². The molecular formula is C22H34N6O. The van der Waals surface area contributed by atoms with Gasteiger partial charge in [0, 0.05) is 45.0 Å². The molecule has 1 amide bonds. The molecule has 0 bridgehead atoms. The first-order chi connectivity index (χ1) is 13.9. The quantitative estimate of drug-likeness (QED) is 0.734. The highest BCUT2D eigenvalue weighted by Gasteiger charge is 2.22. The van der Waals surface area contributed by atoms with E-state index in [0.29, 0.717) is 19.6 Å². The summed E-state index contributed by atoms with van der Waals surface area (Å²) in [5.41, 5.74) is 3.54. The molecule has 1 aliphatic rings. The van der Waals surface area contributed by atoms with Crippen molar-refractivity contribution in [3.8, 4) is 0 Å². The van der Waals surface area contributed by atoms with Crippen LogP contribution in [-0.2, 0) is 11.3 Å². The molecule has 0 unspecified atom stereocenters. The molecule has 7 heteroatoms. The summed E-state index contributed by atoms with van der Waals surface area (Å²) in [5, 5.41) is 0. The molecule has 1 aromatic heterocycles. The average molecular weight is 399 g/mol. The zero-order valence-corrected chi connectivity index (χ0v) is 18.2. The number of hydrogen-bond donors (Lipinski definition) is 1. The summed E-state index contributed by atoms with van der Waals surface area (Å²) >= 11 is 0. The first kappa shape index (κ1) is 21.3. The van der Waals surface area contributed by atoms with Gasteiger partial charge in [-0.2, -0.15) is 0 Å². The van der Waals surface area contributed by atoms with Crippen LogP contribution in [0.4, 0.5) is 5.69 Å². The number of rotatable bonds is 8. The highest BCUT2D eigenvalue weighted by Crippen LogP contribution is 2.18. The first-order valence-corrected chi connectivity index (χ1v) is 10.4. The Balaban J connectivity index is 1.54. The van der Waals surface area contributed by atoms with Crippen LogP contribution in [0.3, 0.4) is 0 Å². The van der Waals surface area contributed by atoms with Crippen molar-refractivity contribution in [1.29, 1.82) is 0 Å². The molecule has 3 rings (SSSR count). The summed E-state index contributed by atoms with van der Waals surface area (Å²) in [7, 11) is 4.07. The normalized spacial score (nSPS) is 15.1. The van der Waals surface area contributed by atoms with Gasteiger partial charge in [0.15, 0.2) is 0 Å². The minimum absolute atomic E-state index is 0.183. The van der Waals surface area contributed by atoms with Gasteiger partial charge in [-0.05, 0) is 45.6 Å². The van der Waals surface area contributed by atoms with Gasteiger partial charge in [-0.3, -0.25) is 9.69 Å². The Kier molecular flexibility index (Phi) is 7.28. The van der Waals surface area contributed by atoms with Gasteiger partial charge in [0.05, 0.1) is 25.0 Å². The molecule has 0 radical (unpaired) electrons. The van der Waals surface area contributed by atoms with E-state index in [9.17, 15) is 4.79 Å². The van der Waals surface area contributed by atoms with Crippen LogP contribution in [0.25, 0.3) is 0 Å². The fraction of sp³-hybridized carbons (Fsp3) is 0.545. The van der Waals surface area contributed by atoms with E-state index in [1.165, 1.54) is 11.3 Å². The second-order valence-corrected chi connectivity index (χ2v) is 8.21. The van der Waals surface area contributed by atoms with Crippen molar-refractivity contribution in [2.24, 2.45) is 0 Å². The number of piperazine rings is 1. The smallest absolute Gasteiger partial charge is 0.237 e. The molecule has 1 saturated heterocycles. The van der Waals surface area contributed by atoms with Gasteiger partial charge >= 0.3 is 0 Å². The van der Waals surface area contributed by atoms with Crippen LogP contribution in [0.1, 0.15) is 17.1 Å². The third-order valence-electron chi connectivity index (χ3n) is 5.38. The number of aromatic amines is 1. The third-order valence-corrected chi connectivity index (χ3v) is 5.38. The molecule has 1 aliphatic heterocycles. The van der Waals surface area contributed by atoms with Crippen molar-refractivity contribution in [1.82, 2.24) is 24.7 Å². The number of likely N-dealkylation sites (N-methyl/N-ethyl adjacent to an activating group) is 1. The van der Waals surface area contributed by atoms with Crippen LogP contribution in [-0.4, -0.2) is 90.5 Å². The van der Waals surface area contributed by atoms with E-state index in [4.69, 9.17) is 0 Å². The van der Waals surface area contributed by atoms with Crippen molar-refractivity contribution < 1.29 is 4.79 Å². The van der Waals surface area contributed by atoms with Crippen molar-refractivity contribution >= 4 is 11.6 Å². The maximum atomic E-state index is 13.0. The third kappa shape index (κ3) is 6.30. The van der Waals surface area contributed by atoms with E-state index in [1.54, 1.807) is 0 Å². The minimum atomic E-state index is 0.183. The Morgan fingerprint density at radius 2 is 1.90 bits per heavy atom. The summed E-state index contributed by atoms with van der Waals surface area (Å²) in [6.45, 7) is 10.4. The maximum absolute atomic E-state index is 13.0. The number of aromatic nitrogens is 2. The number of nitrogens with zero attached hydrogens (tertiary/aromatic N) is 5. The van der Waals surface area contributed by atoms with Crippen LogP contribution in [0.15, 0.2) is 30.5 Å². The molecule has 2 heterocycles. The van der Waals surface area contributed by atoms with Crippen LogP contribution >= 0.6 is 0 Å². The van der Waals surface area contributed by atoms with Crippen LogP contribution in [0.2, 0.25) is 0 Å². The molecular weight excluding hydrogens is 364 g/mol. The van der Waals surface area contributed by atoms with Crippen LogP contribution in [0.5, 0.6) is 0 Å². The monoisotopic (exact) mass is 398 g/mol. The number of aryl methyl sites for hydroxylation is 2. The topological polar surface area (TPSA) is 58.7 Å². The molecule has 7 nitrogen and oxygen atoms in total. The van der Waals surface area contributed by atoms with E-state index in [1.807, 2.05) is 32.1 Å². The van der Waals surface area contributed by atoms with E-state index < -0.39 is 0 Å². The zero-order valence-electron chi connectivity index (χ0n) is 18.2. The van der Waals surface area contributed by atoms with Gasteiger partial charge in [-0.1, -0.05) is 12.1 Å². The van der Waals surface area contributed by atoms with E-state index in [0.717, 1.165) is 44.2 Å². The summed E-state index contributed by atoms with van der Waals surface area (Å²) in [5.74, 6) is 1.07. The summed E-state index contributed by atoms with van der Waals surface area (Å²) < 4.78 is 0. The number of nitrogens with one attached hydrogen (secondary N) is 1. The zero-order chi connectivity index (χ0) is 20.8. The summed E-state index contributed by atoms with van der Waals surface area (Å²) in [6, 6.07) is 8.64. The van der Waals surface area contributed by atoms with E-state index >= 15 is 0 Å². The van der Waals surface area contributed by atoms with Gasteiger partial charge in [-0.15, -0.1) is 0 Å². The van der Waals surface area contributed by atoms with E-state index in [-0.39, 0.29) is 5.91 Å². The summed E-state index contributed by atoms with van der Waals surface area (Å²) in [6.07, 6.45) is 1.83. The van der Waals surface area contributed by atoms with Crippen molar-refractivity contribution in [2.45, 2.75) is 20.4 Å². The van der Waals surface area contributed by atoms with E-state index in [2.05, 4.69) is 55.9 Å². The van der Waals surface area contributed by atoms with Crippen LogP contribution < -0.4 is 4.90 Å². The number of imidazole rings is 1. The Morgan fingerprint density at radius 1 is 1.14 bits per heavy atom. The Labute approximate surface area is 174 Å². The number of benzene rings is 1. The number of anilines is 1. The lowest BCUT2D eigenvalue weighted by atomic mass is 10.2. The molecule has 1 aromatic carbocycles. The number of hydrogen-bond acceptors (Lipinski definition) is 5. The fourth-order valence-electron chi connectivity index (χ4n) is 3.65. The predicted molar refractivity (Wildman–Crippen MR) is 117 cm³/mol. The van der Waals surface area contributed by atoms with Gasteiger partial charge in [0.25, 0.3) is 0 Å². The maximum Gasteiger partial charge on any atom is 0.237 e. The number of carbonyl (C=O) groups is 1. The lowest BCUT2D eigenvalue weighted by Gasteiger charge is -2.36. The Hall–Kier alpha value is -2.38. The average Bonchev–Trinajstić information content (AvgIpc) is 3.10. The molecule has 0 spiro atoms. The van der Waals surface area contributed by atoms with Crippen LogP contribution in [0, 0.1) is 13.8 Å². The highest BCUT2D eigenvalue weighted by molar-refractivity contribution is 5.78. The highest BCUT2D eigenvalue weighted by atomic mass is 16.2. The predicted octanol–water partition coefficient (Wildman–Crippen LogP) is 1.74. The first-order valence-electron chi connectivity index (χ1n) is 10.4. The second-order valence-electron chi connectivity index (χ2n) is 8.21. The Morgan fingerprint density at radius 3 is 2.52 bits per heavy atom. The lowest BCUT2D eigenvalue weighted by molar-refractivity contribution is -0.133. The van der Waals surface area contributed by atoms with Gasteiger partial charge < -0.3 is 19.7 Å². The van der Waals surface area contributed by atoms with Crippen molar-refractivity contribution in [2.75, 3.05) is 64.8 Å². The van der Waals surface area contributed by atoms with Gasteiger partial charge in [0.2, 0.25) is 5.91 Å². The minimum Gasteiger partial charge on any atom is -0.369 e. The standard InChI is InChI=1S/C22H34N6O/c1-18-6-5-7-21(14-18)27-12-9-26(10-13-27)17-22(29)28(11-8-25(3)4)16-20-15-23-19(2)24-20/h5-7,14-15H,8-13,16-17H2,1-4H3,(H,23,24). The fourth-order valence-corrected chi connectivity index (χ4v) is 3.65. The van der Waals surface area contributed by atoms with Crippen molar-refractivity contribution in [3.05, 3.63) is 47.5 Å². The molecule has 0 saturated carbocycles. The second kappa shape index (κ2) is 9.89. The van der Waals surface area contributed by atoms with Gasteiger partial charge in [0.1, 0.15) is 5.82 Å². The molecule has 2 aromatic rings. The molecule has 1 fully saturated rings. The number of amides is 1. The summed E-state index contributed by atoms with van der Waals surface area (Å²) in [4.78, 5) is 29.3. The SMILES string of the molecule is Cc1cccc(N2CCN(CC(=O)N(CCN(C)C)Cc3cnc(C)[nH]3)CC2)c1. The molecule has 0 atom stereocenters. The number of H-pyrrole nitrogens is 1. The lowest BCUT2D eigenvalue weighted by Crippen LogP contribution is -2.50. The number of carbonyl (C=O) groups excluding carboxylic acids is 1. The largest absolute Gasteiger partial charge is 0.369 e. The van der Waals surface area contributed by atoms with Gasteiger partial charge in [-0.25, -0.2) is 4.98 Å². The molecule has 0 aliphatic carbocycles. The molecule has 29 heavy (non-hydrogen) atoms.